The minimum Gasteiger partial charge on any atom is -0.459 e. The molecule has 3 amide bonds. The summed E-state index contributed by atoms with van der Waals surface area (Å²) in [5.74, 6) is -11.5. The molecule has 4 fully saturated rings. The number of hydrogen-bond donors (Lipinski definition) is 0. The Labute approximate surface area is 717 Å². The van der Waals surface area contributed by atoms with Crippen molar-refractivity contribution in [2.45, 2.75) is 133 Å². The number of fused-ring (bicyclic) bond motifs is 5. The number of carbonyl (C=O) groups excluding carboxylic acids is 11. The highest BCUT2D eigenvalue weighted by atomic mass is 16.8. The van der Waals surface area contributed by atoms with Crippen LogP contribution in [-0.4, -0.2) is 186 Å². The summed E-state index contributed by atoms with van der Waals surface area (Å²) in [6.07, 6.45) is -18.9. The predicted molar refractivity (Wildman–Crippen MR) is 440 cm³/mol. The molecule has 4 saturated heterocycles. The summed E-state index contributed by atoms with van der Waals surface area (Å²) in [7, 11) is 0. The fraction of sp³-hybridized carbons (Fsp3) is 0.295. The number of benzene rings is 9. The first-order valence-electron chi connectivity index (χ1n) is 40.9. The Morgan fingerprint density at radius 2 is 0.712 bits per heavy atom. The topological polar surface area (TPSA) is 354 Å². The van der Waals surface area contributed by atoms with Gasteiger partial charge in [-0.1, -0.05) is 196 Å². The summed E-state index contributed by atoms with van der Waals surface area (Å²) in [5.41, 5.74) is 3.98. The maximum atomic E-state index is 14.8. The highest BCUT2D eigenvalue weighted by Crippen LogP contribution is 2.43. The summed E-state index contributed by atoms with van der Waals surface area (Å²) in [4.78, 5) is 160. The Kier molecular flexibility index (Phi) is 27.6. The first-order chi connectivity index (χ1) is 60.8. The molecular formula is C95H87N5O25. The molecule has 15 atom stereocenters. The molecular weight excluding hydrogens is 1610 g/mol. The van der Waals surface area contributed by atoms with E-state index in [1.807, 2.05) is 12.1 Å². The molecule has 6 heterocycles. The smallest absolute Gasteiger partial charge is 0.338 e. The molecule has 0 radical (unpaired) electrons. The van der Waals surface area contributed by atoms with Crippen LogP contribution in [0.4, 0.5) is 5.69 Å². The van der Waals surface area contributed by atoms with Crippen molar-refractivity contribution in [3.05, 3.63) is 305 Å². The molecule has 0 N–H and O–H groups in total. The standard InChI is InChI=1S/C95H87N5O25/c1-57-71(54-113-86(105)60-29-11-4-12-30-60)117-94(84(123-91(110)65-39-21-9-22-40-65)81(57)120-88(107)62-33-15-6-16-34-62)115-56-73-59(3)82(121-89(108)63-35-17-7-18-36-63)85(124-92(111)66-41-23-10-24-42-66)95(118-73)114-55-72-58(2)80(119-87(106)61-31-13-5-14-32-61)83(122-90(109)64-37-19-8-20-38-64)93(116-72)112-52-51-99-79-68-44-26-25-43-67(68)53-98(70-46-28-27-45-69(70)78(79)96-97-99)74(101)49-50-77(104)125-100-75(102)47-48-76(100)103/h4-46,57-59,71-73,80-85,93-95H,47-56H2,1-3H3/t57-,58-,59-,71-,72-,73-,80+,81+,82+,83-,84-,85-,93-,94-,95-/m1/s1. The number of para-hydroxylation sites is 1. The number of anilines is 1. The van der Waals surface area contributed by atoms with Gasteiger partial charge in [-0.15, -0.1) is 10.2 Å². The lowest BCUT2D eigenvalue weighted by Gasteiger charge is -2.47. The number of ether oxygens (including phenoxy) is 13. The zero-order valence-electron chi connectivity index (χ0n) is 68.0. The minimum absolute atomic E-state index is 0.00727. The lowest BCUT2D eigenvalue weighted by atomic mass is 9.89. The van der Waals surface area contributed by atoms with E-state index in [1.54, 1.807) is 226 Å². The van der Waals surface area contributed by atoms with Crippen molar-refractivity contribution in [2.75, 3.05) is 31.3 Å². The second-order valence-corrected chi connectivity index (χ2v) is 30.3. The van der Waals surface area contributed by atoms with Crippen LogP contribution in [0, 0.1) is 17.8 Å². The summed E-state index contributed by atoms with van der Waals surface area (Å²) < 4.78 is 87.5. The lowest BCUT2D eigenvalue weighted by molar-refractivity contribution is -0.329. The number of carbonyl (C=O) groups is 11. The highest BCUT2D eigenvalue weighted by molar-refractivity contribution is 6.03. The molecule has 0 spiro atoms. The van der Waals surface area contributed by atoms with Gasteiger partial charge < -0.3 is 71.3 Å². The maximum Gasteiger partial charge on any atom is 0.338 e. The second-order valence-electron chi connectivity index (χ2n) is 30.3. The lowest BCUT2D eigenvalue weighted by Crippen LogP contribution is -2.61. The number of hydrogen-bond acceptors (Lipinski definition) is 27. The number of hydroxylamine groups is 2. The van der Waals surface area contributed by atoms with E-state index in [0.717, 1.165) is 0 Å². The Hall–Kier alpha value is -13.8. The van der Waals surface area contributed by atoms with Gasteiger partial charge in [0.25, 0.3) is 11.8 Å². The molecule has 0 unspecified atom stereocenters. The van der Waals surface area contributed by atoms with Crippen molar-refractivity contribution in [3.8, 4) is 22.5 Å². The van der Waals surface area contributed by atoms with Crippen molar-refractivity contribution in [3.63, 3.8) is 0 Å². The number of amides is 3. The zero-order valence-corrected chi connectivity index (χ0v) is 68.0. The molecule has 0 saturated carbocycles. The molecule has 5 aliphatic rings. The second kappa shape index (κ2) is 40.1. The van der Waals surface area contributed by atoms with Crippen LogP contribution in [0.5, 0.6) is 0 Å². The number of rotatable bonds is 29. The van der Waals surface area contributed by atoms with Gasteiger partial charge in [-0.2, -0.15) is 0 Å². The normalized spacial score (nSPS) is 23.2. The summed E-state index contributed by atoms with van der Waals surface area (Å²) in [6, 6.07) is 70.9. The third-order valence-electron chi connectivity index (χ3n) is 22.2. The van der Waals surface area contributed by atoms with E-state index in [1.165, 1.54) is 53.4 Å². The maximum absolute atomic E-state index is 14.8. The largest absolute Gasteiger partial charge is 0.459 e. The molecule has 1 aromatic heterocycles. The highest BCUT2D eigenvalue weighted by Gasteiger charge is 2.55. The fourth-order valence-corrected chi connectivity index (χ4v) is 15.4. The van der Waals surface area contributed by atoms with Gasteiger partial charge >= 0.3 is 47.8 Å². The predicted octanol–water partition coefficient (Wildman–Crippen LogP) is 12.2. The molecule has 0 aliphatic carbocycles. The Morgan fingerprint density at radius 3 is 1.11 bits per heavy atom. The van der Waals surface area contributed by atoms with Crippen LogP contribution in [0.1, 0.15) is 125 Å². The van der Waals surface area contributed by atoms with Gasteiger partial charge in [0.2, 0.25) is 5.91 Å². The minimum atomic E-state index is -1.77. The van der Waals surface area contributed by atoms with E-state index in [4.69, 9.17) is 71.5 Å². The number of esters is 7. The SMILES string of the molecule is C[C@H]1[C@H](OC(=O)c2ccccc2)[C@@H](OC(=O)c2ccccc2)[C@H](OC[C@H]2O[C@@H](OC[C@H]3O[C@@H](OCCn4nnc5c4-c4ccccc4CN(C(=O)CCC(=O)ON4C(=O)CCC4=O)c4ccccc4-5)[C@H](OC(=O)c4ccccc4)[C@@H](OC(=O)c4ccccc4)[C@@H]3C)[C@H](OC(=O)c3ccccc3)[C@@H](OC(=O)c3ccccc3)[C@@H]2C)O[C@@H]1COC(=O)c1ccccc1. The van der Waals surface area contributed by atoms with Crippen molar-refractivity contribution < 1.29 is 119 Å². The first-order valence-corrected chi connectivity index (χ1v) is 40.9. The number of aromatic nitrogens is 3. The molecule has 5 aliphatic heterocycles. The van der Waals surface area contributed by atoms with E-state index in [0.29, 0.717) is 38.8 Å². The van der Waals surface area contributed by atoms with Gasteiger partial charge in [0.1, 0.15) is 36.7 Å². The Morgan fingerprint density at radius 1 is 0.376 bits per heavy atom. The molecule has 0 bridgehead atoms. The van der Waals surface area contributed by atoms with Crippen LogP contribution in [0.15, 0.2) is 261 Å². The Balaban J connectivity index is 0.762. The molecule has 30 nitrogen and oxygen atoms in total. The Bertz CT molecular complexity index is 5490. The van der Waals surface area contributed by atoms with Crippen molar-refractivity contribution in [1.82, 2.24) is 20.1 Å². The van der Waals surface area contributed by atoms with E-state index in [-0.39, 0.29) is 77.9 Å². The third kappa shape index (κ3) is 20.3. The van der Waals surface area contributed by atoms with E-state index in [2.05, 4.69) is 5.21 Å². The average molecular weight is 1700 g/mol. The van der Waals surface area contributed by atoms with Crippen LogP contribution in [0.3, 0.4) is 0 Å². The van der Waals surface area contributed by atoms with Crippen LogP contribution < -0.4 is 4.90 Å². The molecule has 9 aromatic carbocycles. The quantitative estimate of drug-likeness (QED) is 0.0239. The van der Waals surface area contributed by atoms with Gasteiger partial charge in [0.15, 0.2) is 37.2 Å². The van der Waals surface area contributed by atoms with Crippen LogP contribution in [0.25, 0.3) is 22.5 Å². The van der Waals surface area contributed by atoms with Crippen molar-refractivity contribution in [2.24, 2.45) is 17.8 Å². The zero-order chi connectivity index (χ0) is 87.0. The average Bonchev–Trinajstić information content (AvgIpc) is 1.64. The first kappa shape index (κ1) is 86.2. The summed E-state index contributed by atoms with van der Waals surface area (Å²) in [5, 5.41) is 9.82. The van der Waals surface area contributed by atoms with Crippen molar-refractivity contribution in [1.29, 1.82) is 0 Å². The molecule has 10 aromatic rings. The van der Waals surface area contributed by atoms with Gasteiger partial charge in [-0.05, 0) is 96.6 Å². The van der Waals surface area contributed by atoms with E-state index >= 15 is 0 Å². The molecule has 30 heteroatoms. The van der Waals surface area contributed by atoms with Crippen LogP contribution >= 0.6 is 0 Å². The number of imide groups is 1. The van der Waals surface area contributed by atoms with Gasteiger partial charge in [-0.3, -0.25) is 14.4 Å². The van der Waals surface area contributed by atoms with Gasteiger partial charge in [0.05, 0.1) is 102 Å². The summed E-state index contributed by atoms with van der Waals surface area (Å²) in [6.45, 7) is 3.10. The van der Waals surface area contributed by atoms with Crippen LogP contribution in [0.2, 0.25) is 0 Å². The molecule has 642 valence electrons. The van der Waals surface area contributed by atoms with Crippen molar-refractivity contribution >= 4 is 71.2 Å². The van der Waals surface area contributed by atoms with Crippen LogP contribution in [-0.2, 0) is 98.7 Å². The molecule has 15 rings (SSSR count). The monoisotopic (exact) mass is 1700 g/mol. The van der Waals surface area contributed by atoms with Gasteiger partial charge in [0, 0.05) is 48.1 Å². The summed E-state index contributed by atoms with van der Waals surface area (Å²) >= 11 is 0. The molecule has 125 heavy (non-hydrogen) atoms. The van der Waals surface area contributed by atoms with E-state index in [9.17, 15) is 52.7 Å². The van der Waals surface area contributed by atoms with Gasteiger partial charge in [-0.25, -0.2) is 43.0 Å². The van der Waals surface area contributed by atoms with E-state index < -0.39 is 183 Å². The third-order valence-corrected chi connectivity index (χ3v) is 22.2. The number of nitrogens with zero attached hydrogens (tertiary/aromatic N) is 5. The fourth-order valence-electron chi connectivity index (χ4n) is 15.4.